The van der Waals surface area contributed by atoms with Crippen molar-refractivity contribution in [3.8, 4) is 0 Å². The maximum atomic E-state index is 8.80. The fourth-order valence-corrected chi connectivity index (χ4v) is 1.38. The Morgan fingerprint density at radius 1 is 1.09 bits per heavy atom. The highest BCUT2D eigenvalue weighted by Gasteiger charge is 2.07. The molecular formula is C7H5Cl3O. The Morgan fingerprint density at radius 3 is 2.09 bits per heavy atom. The second kappa shape index (κ2) is 3.63. The van der Waals surface area contributed by atoms with E-state index in [9.17, 15) is 0 Å². The summed E-state index contributed by atoms with van der Waals surface area (Å²) < 4.78 is 0. The van der Waals surface area contributed by atoms with Crippen molar-refractivity contribution >= 4 is 34.8 Å². The third kappa shape index (κ3) is 1.79. The van der Waals surface area contributed by atoms with Crippen LogP contribution < -0.4 is 0 Å². The molecule has 11 heavy (non-hydrogen) atoms. The first kappa shape index (κ1) is 9.14. The normalized spacial score (nSPS) is 10.2. The van der Waals surface area contributed by atoms with Gasteiger partial charge in [0.2, 0.25) is 0 Å². The van der Waals surface area contributed by atoms with E-state index in [0.717, 1.165) is 0 Å². The highest BCUT2D eigenvalue weighted by atomic mass is 35.5. The molecule has 4 heteroatoms. The maximum Gasteiger partial charge on any atom is 0.0711 e. The molecular weight excluding hydrogens is 206 g/mol. The van der Waals surface area contributed by atoms with Crippen molar-refractivity contribution in [2.24, 2.45) is 0 Å². The number of aliphatic hydroxyl groups is 1. The van der Waals surface area contributed by atoms with Crippen molar-refractivity contribution < 1.29 is 5.11 Å². The van der Waals surface area contributed by atoms with Gasteiger partial charge in [0.15, 0.2) is 0 Å². The van der Waals surface area contributed by atoms with Gasteiger partial charge >= 0.3 is 0 Å². The predicted octanol–water partition coefficient (Wildman–Crippen LogP) is 3.14. The lowest BCUT2D eigenvalue weighted by Crippen LogP contribution is -1.86. The quantitative estimate of drug-likeness (QED) is 0.708. The highest BCUT2D eigenvalue weighted by Crippen LogP contribution is 2.30. The summed E-state index contributed by atoms with van der Waals surface area (Å²) in [7, 11) is 0. The van der Waals surface area contributed by atoms with Crippen molar-refractivity contribution in [3.63, 3.8) is 0 Å². The summed E-state index contributed by atoms with van der Waals surface area (Å²) in [5.74, 6) is 0. The summed E-state index contributed by atoms with van der Waals surface area (Å²) in [4.78, 5) is 0. The van der Waals surface area contributed by atoms with E-state index in [1.807, 2.05) is 0 Å². The van der Waals surface area contributed by atoms with E-state index in [1.165, 1.54) is 0 Å². The van der Waals surface area contributed by atoms with E-state index in [0.29, 0.717) is 20.6 Å². The molecule has 0 saturated carbocycles. The lowest BCUT2D eigenvalue weighted by atomic mass is 10.2. The van der Waals surface area contributed by atoms with Crippen molar-refractivity contribution in [2.45, 2.75) is 6.61 Å². The molecule has 1 nitrogen and oxygen atoms in total. The first-order valence-corrected chi connectivity index (χ1v) is 4.03. The molecule has 60 valence electrons. The topological polar surface area (TPSA) is 20.2 Å². The zero-order valence-electron chi connectivity index (χ0n) is 5.44. The van der Waals surface area contributed by atoms with Gasteiger partial charge in [0.05, 0.1) is 16.7 Å². The van der Waals surface area contributed by atoms with Crippen LogP contribution >= 0.6 is 34.8 Å². The Kier molecular flexibility index (Phi) is 3.02. The molecule has 0 atom stereocenters. The molecule has 0 fully saturated rings. The van der Waals surface area contributed by atoms with E-state index >= 15 is 0 Å². The summed E-state index contributed by atoms with van der Waals surface area (Å²) in [6, 6.07) is 3.19. The van der Waals surface area contributed by atoms with Crippen LogP contribution in [0, 0.1) is 0 Å². The third-order valence-corrected chi connectivity index (χ3v) is 2.49. The van der Waals surface area contributed by atoms with Gasteiger partial charge in [-0.15, -0.1) is 0 Å². The zero-order chi connectivity index (χ0) is 8.43. The molecule has 0 amide bonds. The summed E-state index contributed by atoms with van der Waals surface area (Å²) in [5.41, 5.74) is 0.473. The van der Waals surface area contributed by atoms with E-state index in [4.69, 9.17) is 39.9 Å². The van der Waals surface area contributed by atoms with Crippen LogP contribution in [0.1, 0.15) is 5.56 Å². The monoisotopic (exact) mass is 210 g/mol. The number of benzene rings is 1. The minimum Gasteiger partial charge on any atom is -0.392 e. The molecule has 0 radical (unpaired) electrons. The molecule has 0 aliphatic heterocycles. The number of hydrogen-bond acceptors (Lipinski definition) is 1. The molecule has 1 rings (SSSR count). The van der Waals surface area contributed by atoms with Gasteiger partial charge in [-0.2, -0.15) is 0 Å². The Balaban J connectivity index is 3.29. The molecule has 0 unspecified atom stereocenters. The summed E-state index contributed by atoms with van der Waals surface area (Å²) in [6.07, 6.45) is 0. The standard InChI is InChI=1S/C7H5Cl3O/c8-5-1-2-6(9)7(10)4(5)3-11/h1-2,11H,3H2. The van der Waals surface area contributed by atoms with Gasteiger partial charge in [-0.1, -0.05) is 34.8 Å². The molecule has 0 aliphatic carbocycles. The Morgan fingerprint density at radius 2 is 1.64 bits per heavy atom. The maximum absolute atomic E-state index is 8.80. The van der Waals surface area contributed by atoms with E-state index < -0.39 is 0 Å². The van der Waals surface area contributed by atoms with Crippen LogP contribution in [-0.2, 0) is 6.61 Å². The minimum atomic E-state index is -0.196. The van der Waals surface area contributed by atoms with Gasteiger partial charge in [0.1, 0.15) is 0 Å². The molecule has 0 spiro atoms. The lowest BCUT2D eigenvalue weighted by molar-refractivity contribution is 0.282. The smallest absolute Gasteiger partial charge is 0.0711 e. The van der Waals surface area contributed by atoms with Crippen LogP contribution in [-0.4, -0.2) is 5.11 Å². The summed E-state index contributed by atoms with van der Waals surface area (Å²) in [5, 5.41) is 9.95. The first-order valence-electron chi connectivity index (χ1n) is 2.90. The van der Waals surface area contributed by atoms with Crippen LogP contribution in [0.3, 0.4) is 0 Å². The first-order chi connectivity index (χ1) is 5.16. The molecule has 0 heterocycles. The van der Waals surface area contributed by atoms with E-state index in [2.05, 4.69) is 0 Å². The van der Waals surface area contributed by atoms with Gasteiger partial charge in [0.25, 0.3) is 0 Å². The van der Waals surface area contributed by atoms with Crippen LogP contribution in [0.25, 0.3) is 0 Å². The molecule has 0 bridgehead atoms. The SMILES string of the molecule is OCc1c(Cl)ccc(Cl)c1Cl. The molecule has 1 aromatic rings. The van der Waals surface area contributed by atoms with Crippen LogP contribution in [0.2, 0.25) is 15.1 Å². The van der Waals surface area contributed by atoms with Gasteiger partial charge in [-0.3, -0.25) is 0 Å². The summed E-state index contributed by atoms with van der Waals surface area (Å²) in [6.45, 7) is -0.196. The summed E-state index contributed by atoms with van der Waals surface area (Å²) >= 11 is 17.1. The fraction of sp³-hybridized carbons (Fsp3) is 0.143. The number of aliphatic hydroxyl groups excluding tert-OH is 1. The third-order valence-electron chi connectivity index (χ3n) is 1.30. The Bertz CT molecular complexity index is 273. The van der Waals surface area contributed by atoms with Crippen LogP contribution in [0.5, 0.6) is 0 Å². The second-order valence-corrected chi connectivity index (χ2v) is 3.17. The van der Waals surface area contributed by atoms with Crippen molar-refractivity contribution in [3.05, 3.63) is 32.8 Å². The van der Waals surface area contributed by atoms with Gasteiger partial charge in [0, 0.05) is 10.6 Å². The van der Waals surface area contributed by atoms with Crippen molar-refractivity contribution in [1.82, 2.24) is 0 Å². The van der Waals surface area contributed by atoms with E-state index in [-0.39, 0.29) is 6.61 Å². The van der Waals surface area contributed by atoms with Gasteiger partial charge in [-0.05, 0) is 12.1 Å². The number of rotatable bonds is 1. The molecule has 1 aromatic carbocycles. The minimum absolute atomic E-state index is 0.196. The predicted molar refractivity (Wildman–Crippen MR) is 47.4 cm³/mol. The average molecular weight is 211 g/mol. The molecule has 0 aliphatic rings. The number of halogens is 3. The molecule has 0 aromatic heterocycles. The van der Waals surface area contributed by atoms with Gasteiger partial charge < -0.3 is 5.11 Å². The van der Waals surface area contributed by atoms with Crippen LogP contribution in [0.4, 0.5) is 0 Å². The lowest BCUT2D eigenvalue weighted by Gasteiger charge is -2.03. The van der Waals surface area contributed by atoms with Gasteiger partial charge in [-0.25, -0.2) is 0 Å². The molecule has 1 N–H and O–H groups in total. The average Bonchev–Trinajstić information content (AvgIpc) is 1.99. The largest absolute Gasteiger partial charge is 0.392 e. The van der Waals surface area contributed by atoms with Crippen molar-refractivity contribution in [2.75, 3.05) is 0 Å². The van der Waals surface area contributed by atoms with Crippen LogP contribution in [0.15, 0.2) is 12.1 Å². The Labute approximate surface area is 79.5 Å². The fourth-order valence-electron chi connectivity index (χ4n) is 0.714. The second-order valence-electron chi connectivity index (χ2n) is 1.98. The Hall–Kier alpha value is 0.0500. The van der Waals surface area contributed by atoms with Crippen molar-refractivity contribution in [1.29, 1.82) is 0 Å². The molecule has 0 saturated heterocycles. The zero-order valence-corrected chi connectivity index (χ0v) is 7.71. The highest BCUT2D eigenvalue weighted by molar-refractivity contribution is 6.44. The van der Waals surface area contributed by atoms with E-state index in [1.54, 1.807) is 12.1 Å². The number of hydrogen-bond donors (Lipinski definition) is 1.